The SMILES string of the molecule is [2H]c1c([2H])c([2H])c2c(-c3cc4c5ccccc5c5ccccc5c4c4ccccc34)c3c([2H])c([2H])c([2H])c([2H])c3c(-c3cc(-c4ccccc4)cc(-c4ccccc4)c3)c2c1[2H]. The van der Waals surface area contributed by atoms with Crippen LogP contribution in [0, 0.1) is 0 Å². The molecule has 11 aromatic rings. The van der Waals surface area contributed by atoms with E-state index in [0.29, 0.717) is 22.3 Å². The molecule has 0 heterocycles. The van der Waals surface area contributed by atoms with Crippen molar-refractivity contribution in [1.82, 2.24) is 0 Å². The van der Waals surface area contributed by atoms with Gasteiger partial charge < -0.3 is 0 Å². The third-order valence-electron chi connectivity index (χ3n) is 10.8. The summed E-state index contributed by atoms with van der Waals surface area (Å²) in [6, 6.07) is 49.4. The molecule has 0 aromatic heterocycles. The molecule has 0 fully saturated rings. The summed E-state index contributed by atoms with van der Waals surface area (Å²) in [7, 11) is 0. The topological polar surface area (TPSA) is 0 Å². The van der Waals surface area contributed by atoms with Crippen molar-refractivity contribution in [2.45, 2.75) is 0 Å². The molecule has 0 amide bonds. The van der Waals surface area contributed by atoms with Crippen LogP contribution in [0.4, 0.5) is 0 Å². The second-order valence-corrected chi connectivity index (χ2v) is 13.8. The highest BCUT2D eigenvalue weighted by Crippen LogP contribution is 2.49. The van der Waals surface area contributed by atoms with Gasteiger partial charge in [-0.15, -0.1) is 0 Å². The Morgan fingerprint density at radius 3 is 1.15 bits per heavy atom. The van der Waals surface area contributed by atoms with Crippen molar-refractivity contribution in [3.63, 3.8) is 0 Å². The van der Waals surface area contributed by atoms with Gasteiger partial charge in [0.25, 0.3) is 0 Å². The minimum absolute atomic E-state index is 0.181. The fourth-order valence-electron chi connectivity index (χ4n) is 8.52. The Balaban J connectivity index is 1.41. The van der Waals surface area contributed by atoms with Gasteiger partial charge in [-0.25, -0.2) is 0 Å². The molecule has 0 N–H and O–H groups in total. The first kappa shape index (κ1) is 23.5. The van der Waals surface area contributed by atoms with Gasteiger partial charge >= 0.3 is 0 Å². The van der Waals surface area contributed by atoms with Crippen LogP contribution in [-0.4, -0.2) is 0 Å². The summed E-state index contributed by atoms with van der Waals surface area (Å²) in [5, 5.41) is 8.59. The molecule has 0 heteroatoms. The van der Waals surface area contributed by atoms with Gasteiger partial charge in [-0.2, -0.15) is 0 Å². The Kier molecular flexibility index (Phi) is 5.36. The van der Waals surface area contributed by atoms with Gasteiger partial charge in [-0.05, 0) is 133 Å². The molecule has 0 aliphatic heterocycles. The first-order valence-corrected chi connectivity index (χ1v) is 18.1. The van der Waals surface area contributed by atoms with Crippen LogP contribution in [0.1, 0.15) is 11.0 Å². The van der Waals surface area contributed by atoms with Gasteiger partial charge in [-0.3, -0.25) is 0 Å². The van der Waals surface area contributed by atoms with Gasteiger partial charge in [0, 0.05) is 0 Å². The Morgan fingerprint density at radius 1 is 0.259 bits per heavy atom. The van der Waals surface area contributed by atoms with E-state index in [1.165, 1.54) is 0 Å². The molecule has 0 bridgehead atoms. The summed E-state index contributed by atoms with van der Waals surface area (Å²) in [5.74, 6) is 0. The number of fused-ring (bicyclic) bond motifs is 10. The van der Waals surface area contributed by atoms with Crippen molar-refractivity contribution in [2.24, 2.45) is 0 Å². The molecular weight excluding hydrogens is 649 g/mol. The lowest BCUT2D eigenvalue weighted by Crippen LogP contribution is -1.94. The second-order valence-electron chi connectivity index (χ2n) is 13.8. The summed E-state index contributed by atoms with van der Waals surface area (Å²) in [5.41, 5.74) is 5.33. The molecule has 0 radical (unpaired) electrons. The second kappa shape index (κ2) is 12.3. The van der Waals surface area contributed by atoms with E-state index in [-0.39, 0.29) is 45.7 Å². The van der Waals surface area contributed by atoms with E-state index < -0.39 is 24.2 Å². The highest BCUT2D eigenvalue weighted by atomic mass is 14.2. The summed E-state index contributed by atoms with van der Waals surface area (Å²) in [4.78, 5) is 0. The fraction of sp³-hybridized carbons (Fsp3) is 0. The average molecular weight is 691 g/mol. The zero-order valence-electron chi connectivity index (χ0n) is 37.0. The molecule has 0 saturated heterocycles. The largest absolute Gasteiger partial charge is 0.0629 e. The van der Waals surface area contributed by atoms with Crippen molar-refractivity contribution in [1.29, 1.82) is 0 Å². The number of benzene rings is 11. The minimum atomic E-state index is -0.432. The molecule has 0 aliphatic rings. The Bertz CT molecular complexity index is 3570. The molecule has 250 valence electrons. The van der Waals surface area contributed by atoms with E-state index in [2.05, 4.69) is 42.5 Å². The van der Waals surface area contributed by atoms with E-state index in [1.807, 2.05) is 115 Å². The van der Waals surface area contributed by atoms with Gasteiger partial charge in [0.1, 0.15) is 0 Å². The monoisotopic (exact) mass is 690 g/mol. The summed E-state index contributed by atoms with van der Waals surface area (Å²) in [6.45, 7) is 0. The van der Waals surface area contributed by atoms with Crippen LogP contribution in [-0.2, 0) is 0 Å². The minimum Gasteiger partial charge on any atom is -0.0622 e. The lowest BCUT2D eigenvalue weighted by molar-refractivity contribution is 1.58. The van der Waals surface area contributed by atoms with E-state index in [0.717, 1.165) is 65.3 Å². The van der Waals surface area contributed by atoms with Crippen LogP contribution in [0.2, 0.25) is 0 Å². The highest BCUT2D eigenvalue weighted by molar-refractivity contribution is 6.34. The Hall–Kier alpha value is -7.02. The lowest BCUT2D eigenvalue weighted by Gasteiger charge is -2.21. The van der Waals surface area contributed by atoms with Gasteiger partial charge in [-0.1, -0.05) is 182 Å². The van der Waals surface area contributed by atoms with E-state index in [1.54, 1.807) is 0 Å². The smallest absolute Gasteiger partial charge is 0.0622 e. The van der Waals surface area contributed by atoms with Crippen LogP contribution in [0.5, 0.6) is 0 Å². The fourth-order valence-corrected chi connectivity index (χ4v) is 8.52. The first-order chi connectivity index (χ1) is 30.1. The molecule has 11 rings (SSSR count). The van der Waals surface area contributed by atoms with Gasteiger partial charge in [0.2, 0.25) is 0 Å². The van der Waals surface area contributed by atoms with Gasteiger partial charge in [0.05, 0.1) is 11.0 Å². The number of hydrogen-bond donors (Lipinski definition) is 0. The van der Waals surface area contributed by atoms with E-state index in [9.17, 15) is 5.48 Å². The van der Waals surface area contributed by atoms with Crippen molar-refractivity contribution in [3.8, 4) is 44.5 Å². The zero-order valence-corrected chi connectivity index (χ0v) is 29.0. The molecule has 0 aliphatic carbocycles. The average Bonchev–Trinajstić information content (AvgIpc) is 3.33. The molecule has 0 saturated carbocycles. The maximum absolute atomic E-state index is 9.75. The third kappa shape index (κ3) is 4.71. The maximum Gasteiger partial charge on any atom is 0.0629 e. The zero-order chi connectivity index (χ0) is 42.6. The highest BCUT2D eigenvalue weighted by Gasteiger charge is 2.21. The normalized spacial score (nSPS) is 13.8. The molecule has 54 heavy (non-hydrogen) atoms. The molecule has 0 atom stereocenters. The predicted molar refractivity (Wildman–Crippen MR) is 233 cm³/mol. The van der Waals surface area contributed by atoms with Crippen molar-refractivity contribution in [2.75, 3.05) is 0 Å². The van der Waals surface area contributed by atoms with Crippen LogP contribution in [0.25, 0.3) is 109 Å². The maximum atomic E-state index is 9.75. The van der Waals surface area contributed by atoms with Crippen molar-refractivity contribution < 1.29 is 11.0 Å². The quantitative estimate of drug-likeness (QED) is 0.127. The molecule has 0 unspecified atom stereocenters. The van der Waals surface area contributed by atoms with E-state index in [4.69, 9.17) is 5.48 Å². The summed E-state index contributed by atoms with van der Waals surface area (Å²) < 4.78 is 75.4. The van der Waals surface area contributed by atoms with Crippen LogP contribution < -0.4 is 0 Å². The van der Waals surface area contributed by atoms with Crippen LogP contribution in [0.3, 0.4) is 0 Å². The van der Waals surface area contributed by atoms with Gasteiger partial charge in [0.15, 0.2) is 0 Å². The van der Waals surface area contributed by atoms with Crippen LogP contribution >= 0.6 is 0 Å². The number of hydrogen-bond acceptors (Lipinski definition) is 0. The van der Waals surface area contributed by atoms with Crippen molar-refractivity contribution >= 4 is 64.6 Å². The molecular formula is C54H34. The summed E-state index contributed by atoms with van der Waals surface area (Å²) >= 11 is 0. The van der Waals surface area contributed by atoms with Crippen LogP contribution in [0.15, 0.2) is 206 Å². The molecule has 0 spiro atoms. The Morgan fingerprint density at radius 2 is 0.630 bits per heavy atom. The standard InChI is InChI=1S/C54H34/c1-3-17-35(18-4-1)37-31-38(36-19-5-2-6-20-36)33-39(32-37)52-46-27-13-15-29-48(46)54(49-30-16-14-28-47(49)52)51-34-50-42-23-8-7-21-40(42)41-22-9-11-25-44(41)53(50)45-26-12-10-24-43(45)51/h1-34H/i13D,14D,15D,16D,27D,28D,29D,30D. The van der Waals surface area contributed by atoms with E-state index >= 15 is 0 Å². The number of rotatable bonds is 4. The molecule has 11 aromatic carbocycles. The van der Waals surface area contributed by atoms with Crippen molar-refractivity contribution in [3.05, 3.63) is 206 Å². The summed E-state index contributed by atoms with van der Waals surface area (Å²) in [6.07, 6.45) is 0. The Labute approximate surface area is 325 Å². The predicted octanol–water partition coefficient (Wildman–Crippen LogP) is 15.3. The third-order valence-corrected chi connectivity index (χ3v) is 10.8. The molecule has 0 nitrogen and oxygen atoms in total. The first-order valence-electron chi connectivity index (χ1n) is 22.1. The lowest BCUT2D eigenvalue weighted by atomic mass is 9.82.